The lowest BCUT2D eigenvalue weighted by molar-refractivity contribution is -0.139. The zero-order valence-electron chi connectivity index (χ0n) is 24.6. The van der Waals surface area contributed by atoms with E-state index in [1.807, 2.05) is 73.7 Å². The molecule has 3 aromatic carbocycles. The number of methoxy groups -OCH3 is 1. The van der Waals surface area contributed by atoms with Crippen LogP contribution in [0.2, 0.25) is 0 Å². The van der Waals surface area contributed by atoms with Crippen LogP contribution in [0, 0.1) is 6.92 Å². The van der Waals surface area contributed by atoms with Gasteiger partial charge >= 0.3 is 5.97 Å². The van der Waals surface area contributed by atoms with Gasteiger partial charge in [0, 0.05) is 24.8 Å². The van der Waals surface area contributed by atoms with E-state index in [9.17, 15) is 9.90 Å². The molecule has 1 N–H and O–H groups in total. The van der Waals surface area contributed by atoms with Crippen molar-refractivity contribution in [2.45, 2.75) is 58.4 Å². The van der Waals surface area contributed by atoms with Crippen molar-refractivity contribution in [1.82, 2.24) is 4.98 Å². The first kappa shape index (κ1) is 29.9. The number of rotatable bonds is 13. The molecular weight excluding hydrogens is 516 g/mol. The highest BCUT2D eigenvalue weighted by atomic mass is 16.5. The lowest BCUT2D eigenvalue weighted by atomic mass is 9.87. The number of aromatic nitrogens is 1. The van der Waals surface area contributed by atoms with E-state index in [1.165, 1.54) is 5.56 Å². The summed E-state index contributed by atoms with van der Waals surface area (Å²) < 4.78 is 17.2. The maximum Gasteiger partial charge on any atom is 0.326 e. The van der Waals surface area contributed by atoms with Gasteiger partial charge in [-0.05, 0) is 72.7 Å². The van der Waals surface area contributed by atoms with Crippen LogP contribution < -0.4 is 9.64 Å². The summed E-state index contributed by atoms with van der Waals surface area (Å²) in [5.41, 5.74) is 4.92. The van der Waals surface area contributed by atoms with Crippen molar-refractivity contribution in [3.05, 3.63) is 101 Å². The van der Waals surface area contributed by atoms with Crippen LogP contribution in [-0.2, 0) is 27.8 Å². The van der Waals surface area contributed by atoms with Crippen molar-refractivity contribution in [2.24, 2.45) is 0 Å². The lowest BCUT2D eigenvalue weighted by Crippen LogP contribution is -2.43. The van der Waals surface area contributed by atoms with Gasteiger partial charge in [-0.25, -0.2) is 9.78 Å². The fourth-order valence-electron chi connectivity index (χ4n) is 4.73. The van der Waals surface area contributed by atoms with Crippen molar-refractivity contribution >= 4 is 11.7 Å². The van der Waals surface area contributed by atoms with Crippen molar-refractivity contribution in [2.75, 3.05) is 25.3 Å². The van der Waals surface area contributed by atoms with E-state index in [4.69, 9.17) is 13.9 Å². The molecule has 0 spiro atoms. The average molecular weight is 557 g/mol. The Labute approximate surface area is 242 Å². The molecular formula is C34H40N2O5. The Hall–Kier alpha value is -4.10. The summed E-state index contributed by atoms with van der Waals surface area (Å²) in [7, 11) is 1.58. The van der Waals surface area contributed by atoms with Crippen molar-refractivity contribution < 1.29 is 23.8 Å². The predicted molar refractivity (Wildman–Crippen MR) is 162 cm³/mol. The van der Waals surface area contributed by atoms with Gasteiger partial charge < -0.3 is 23.9 Å². The highest BCUT2D eigenvalue weighted by molar-refractivity contribution is 5.78. The predicted octanol–water partition coefficient (Wildman–Crippen LogP) is 7.07. The van der Waals surface area contributed by atoms with Gasteiger partial charge in [0.2, 0.25) is 5.89 Å². The van der Waals surface area contributed by atoms with Crippen molar-refractivity contribution in [1.29, 1.82) is 0 Å². The summed E-state index contributed by atoms with van der Waals surface area (Å²) in [6.07, 6.45) is 1.68. The van der Waals surface area contributed by atoms with E-state index in [2.05, 4.69) is 37.9 Å². The first-order valence-corrected chi connectivity index (χ1v) is 14.0. The van der Waals surface area contributed by atoms with Gasteiger partial charge in [-0.1, -0.05) is 63.2 Å². The van der Waals surface area contributed by atoms with Gasteiger partial charge in [-0.2, -0.15) is 0 Å². The normalized spacial score (nSPS) is 12.2. The van der Waals surface area contributed by atoms with E-state index in [0.29, 0.717) is 31.8 Å². The molecule has 0 aliphatic heterocycles. The Morgan fingerprint density at radius 1 is 0.976 bits per heavy atom. The minimum absolute atomic E-state index is 0.0215. The van der Waals surface area contributed by atoms with Crippen LogP contribution in [0.4, 0.5) is 5.69 Å². The maximum absolute atomic E-state index is 12.3. The molecule has 0 aliphatic rings. The molecule has 1 heterocycles. The molecule has 7 heteroatoms. The van der Waals surface area contributed by atoms with Crippen LogP contribution >= 0.6 is 0 Å². The largest absolute Gasteiger partial charge is 0.493 e. The highest BCUT2D eigenvalue weighted by Crippen LogP contribution is 2.27. The third-order valence-corrected chi connectivity index (χ3v) is 7.15. The quantitative estimate of drug-likeness (QED) is 0.176. The standard InChI is InChI=1S/C34H40N2O5/c1-24-30(35-32(41-24)26-9-7-6-8-10-26)21-22-40-29-18-11-25(12-19-29)13-20-31(33(37)38)36(23-39-5)28-16-14-27(15-17-28)34(2,3)4/h6-12,14-19,31H,13,20-23H2,1-5H3,(H,37,38)/t31-/m0/s1. The summed E-state index contributed by atoms with van der Waals surface area (Å²) >= 11 is 0. The monoisotopic (exact) mass is 556 g/mol. The molecule has 1 aromatic heterocycles. The Kier molecular flexibility index (Phi) is 9.84. The molecule has 0 saturated heterocycles. The van der Waals surface area contributed by atoms with Crippen LogP contribution in [0.1, 0.15) is 49.8 Å². The van der Waals surface area contributed by atoms with Crippen LogP contribution in [-0.4, -0.2) is 42.5 Å². The van der Waals surface area contributed by atoms with Crippen LogP contribution in [0.3, 0.4) is 0 Å². The van der Waals surface area contributed by atoms with Crippen LogP contribution in [0.25, 0.3) is 11.5 Å². The zero-order chi connectivity index (χ0) is 29.4. The lowest BCUT2D eigenvalue weighted by Gasteiger charge is -2.31. The van der Waals surface area contributed by atoms with E-state index < -0.39 is 12.0 Å². The SMILES string of the molecule is COCN(c1ccc(C(C)(C)C)cc1)[C@@H](CCc1ccc(OCCc2nc(-c3ccccc3)oc2C)cc1)C(=O)O. The molecule has 0 bridgehead atoms. The summed E-state index contributed by atoms with van der Waals surface area (Å²) in [6.45, 7) is 9.06. The molecule has 0 saturated carbocycles. The van der Waals surface area contributed by atoms with E-state index in [-0.39, 0.29) is 12.1 Å². The molecule has 1 atom stereocenters. The second kappa shape index (κ2) is 13.5. The molecule has 0 amide bonds. The zero-order valence-corrected chi connectivity index (χ0v) is 24.6. The fraction of sp³-hybridized carbons (Fsp3) is 0.353. The summed E-state index contributed by atoms with van der Waals surface area (Å²) in [6, 6.07) is 25.0. The molecule has 0 aliphatic carbocycles. The van der Waals surface area contributed by atoms with Gasteiger partial charge in [0.05, 0.1) is 12.3 Å². The van der Waals surface area contributed by atoms with E-state index in [0.717, 1.165) is 34.0 Å². The number of oxazole rings is 1. The summed E-state index contributed by atoms with van der Waals surface area (Å²) in [5, 5.41) is 10.1. The molecule has 0 unspecified atom stereocenters. The van der Waals surface area contributed by atoms with Gasteiger partial charge in [-0.3, -0.25) is 0 Å². The number of carboxylic acid groups (broad SMARTS) is 1. The topological polar surface area (TPSA) is 85.0 Å². The third-order valence-electron chi connectivity index (χ3n) is 7.15. The molecule has 0 radical (unpaired) electrons. The van der Waals surface area contributed by atoms with Crippen molar-refractivity contribution in [3.63, 3.8) is 0 Å². The number of hydrogen-bond acceptors (Lipinski definition) is 6. The smallest absolute Gasteiger partial charge is 0.326 e. The van der Waals surface area contributed by atoms with E-state index >= 15 is 0 Å². The Balaban J connectivity index is 1.33. The second-order valence-electron chi connectivity index (χ2n) is 11.2. The number of carboxylic acids is 1. The molecule has 41 heavy (non-hydrogen) atoms. The number of ether oxygens (including phenoxy) is 2. The van der Waals surface area contributed by atoms with E-state index in [1.54, 1.807) is 12.0 Å². The fourth-order valence-corrected chi connectivity index (χ4v) is 4.73. The van der Waals surface area contributed by atoms with Gasteiger partial charge in [0.1, 0.15) is 24.3 Å². The Morgan fingerprint density at radius 2 is 1.66 bits per heavy atom. The number of benzene rings is 3. The molecule has 0 fully saturated rings. The summed E-state index contributed by atoms with van der Waals surface area (Å²) in [5.74, 6) is 1.30. The van der Waals surface area contributed by atoms with Crippen LogP contribution in [0.5, 0.6) is 5.75 Å². The Morgan fingerprint density at radius 3 is 2.27 bits per heavy atom. The minimum atomic E-state index is -0.875. The second-order valence-corrected chi connectivity index (χ2v) is 11.2. The number of hydrogen-bond donors (Lipinski definition) is 1. The molecule has 4 aromatic rings. The number of nitrogens with zero attached hydrogens (tertiary/aromatic N) is 2. The number of carbonyl (C=O) groups is 1. The highest BCUT2D eigenvalue weighted by Gasteiger charge is 2.26. The van der Waals surface area contributed by atoms with Gasteiger partial charge in [-0.15, -0.1) is 0 Å². The molecule has 4 rings (SSSR count). The average Bonchev–Trinajstić information content (AvgIpc) is 3.33. The van der Waals surface area contributed by atoms with Gasteiger partial charge in [0.25, 0.3) is 0 Å². The first-order valence-electron chi connectivity index (χ1n) is 14.0. The summed E-state index contributed by atoms with van der Waals surface area (Å²) in [4.78, 5) is 18.7. The maximum atomic E-state index is 12.3. The molecule has 7 nitrogen and oxygen atoms in total. The minimum Gasteiger partial charge on any atom is -0.493 e. The molecule has 216 valence electrons. The number of aryl methyl sites for hydroxylation is 2. The first-order chi connectivity index (χ1) is 19.7. The van der Waals surface area contributed by atoms with Gasteiger partial charge in [0.15, 0.2) is 0 Å². The van der Waals surface area contributed by atoms with Crippen molar-refractivity contribution in [3.8, 4) is 17.2 Å². The third kappa shape index (κ3) is 7.98. The number of aliphatic carboxylic acids is 1. The Bertz CT molecular complexity index is 1390. The van der Waals surface area contributed by atoms with Crippen LogP contribution in [0.15, 0.2) is 83.3 Å². The number of anilines is 1.